The third-order valence-electron chi connectivity index (χ3n) is 18.5. The summed E-state index contributed by atoms with van der Waals surface area (Å²) in [4.78, 5) is 73.2. The van der Waals surface area contributed by atoms with Crippen molar-refractivity contribution in [3.05, 3.63) is 185 Å². The summed E-state index contributed by atoms with van der Waals surface area (Å²) in [6.07, 6.45) is 10.8. The molecule has 0 saturated carbocycles. The van der Waals surface area contributed by atoms with Crippen LogP contribution in [-0.4, -0.2) is 123 Å². The Labute approximate surface area is 540 Å². The number of aryl methyl sites for hydroxylation is 1. The first kappa shape index (κ1) is 71.9. The van der Waals surface area contributed by atoms with E-state index in [0.29, 0.717) is 22.7 Å². The first-order valence-corrected chi connectivity index (χ1v) is 31.3. The van der Waals surface area contributed by atoms with E-state index in [0.717, 1.165) is 85.7 Å². The zero-order valence-electron chi connectivity index (χ0n) is 56.4. The summed E-state index contributed by atoms with van der Waals surface area (Å²) < 4.78 is 11.5. The number of ether oxygens (including phenoxy) is 2. The molecule has 0 atom stereocenters. The van der Waals surface area contributed by atoms with Crippen molar-refractivity contribution in [2.24, 2.45) is 15.0 Å². The van der Waals surface area contributed by atoms with Gasteiger partial charge in [-0.05, 0) is 237 Å². The average molecular weight is 1240 g/mol. The minimum absolute atomic E-state index is 0.00960. The molecule has 16 nitrogen and oxygen atoms in total. The number of nitrogens with one attached hydrogen (secondary N) is 2. The van der Waals surface area contributed by atoms with E-state index in [1.807, 2.05) is 72.8 Å². The van der Waals surface area contributed by atoms with Gasteiger partial charge in [0.1, 0.15) is 12.2 Å². The van der Waals surface area contributed by atoms with Crippen molar-refractivity contribution in [2.45, 2.75) is 199 Å². The summed E-state index contributed by atoms with van der Waals surface area (Å²) >= 11 is 0. The SMILES string of the molecule is CN1C(C)(C)CC(O)CC1(C)C.CN1C(C)(C)CC(OC(=O)Nc2ccc(Cc3ccc(N=C=O)cc3)cc2)CC1(C)C.Cc1ccc(Cc2ccc(NC(=O)OC3CC(C)(C)N(C)C(C)(C)C3)cc2)cc1.O=C=Nc1ccc(Cc2ccc(N=C=O)cc2)cc1. The molecule has 3 fully saturated rings. The molecule has 3 saturated heterocycles. The van der Waals surface area contributed by atoms with Crippen LogP contribution in [0.5, 0.6) is 0 Å². The summed E-state index contributed by atoms with van der Waals surface area (Å²) in [5.74, 6) is 0. The molecule has 0 aromatic heterocycles. The number of hydrogen-bond acceptors (Lipinski definition) is 14. The Bertz CT molecular complexity index is 3380. The Kier molecular flexibility index (Phi) is 24.7. The van der Waals surface area contributed by atoms with Crippen molar-refractivity contribution in [1.82, 2.24) is 14.7 Å². The van der Waals surface area contributed by atoms with Crippen LogP contribution in [0.4, 0.5) is 38.0 Å². The summed E-state index contributed by atoms with van der Waals surface area (Å²) in [6, 6.07) is 46.4. The molecular weight excluding hydrogens is 1140 g/mol. The number of likely N-dealkylation sites (tertiary alicyclic amines) is 3. The monoisotopic (exact) mass is 1240 g/mol. The lowest BCUT2D eigenvalue weighted by Gasteiger charge is -2.53. The molecule has 91 heavy (non-hydrogen) atoms. The molecule has 16 heteroatoms. The quantitative estimate of drug-likeness (QED) is 0.0735. The maximum Gasteiger partial charge on any atom is 0.411 e. The van der Waals surface area contributed by atoms with Gasteiger partial charge in [-0.15, -0.1) is 0 Å². The molecule has 3 heterocycles. The molecule has 6 aromatic carbocycles. The number of isocyanates is 3. The first-order valence-electron chi connectivity index (χ1n) is 31.3. The molecule has 9 rings (SSSR count). The number of nitrogens with zero attached hydrogens (tertiary/aromatic N) is 6. The predicted molar refractivity (Wildman–Crippen MR) is 364 cm³/mol. The molecular formula is C75H96N8O8. The van der Waals surface area contributed by atoms with E-state index in [9.17, 15) is 29.1 Å². The number of amides is 2. The normalized spacial score (nSPS) is 18.2. The van der Waals surface area contributed by atoms with Crippen LogP contribution in [0.25, 0.3) is 0 Å². The second-order valence-electron chi connectivity index (χ2n) is 28.3. The number of piperidine rings is 3. The number of aliphatic imine (C=N–C) groups is 3. The first-order chi connectivity index (χ1) is 42.7. The Morgan fingerprint density at radius 2 is 0.626 bits per heavy atom. The zero-order chi connectivity index (χ0) is 67.0. The maximum atomic E-state index is 12.5. The lowest BCUT2D eigenvalue weighted by molar-refractivity contribution is -0.0666. The van der Waals surface area contributed by atoms with Crippen molar-refractivity contribution in [1.29, 1.82) is 0 Å². The number of aliphatic hydroxyl groups excluding tert-OH is 1. The van der Waals surface area contributed by atoms with Crippen molar-refractivity contribution in [2.75, 3.05) is 31.8 Å². The highest BCUT2D eigenvalue weighted by molar-refractivity contribution is 5.85. The third kappa shape index (κ3) is 21.8. The van der Waals surface area contributed by atoms with E-state index in [1.54, 1.807) is 36.4 Å². The van der Waals surface area contributed by atoms with E-state index >= 15 is 0 Å². The van der Waals surface area contributed by atoms with Crippen molar-refractivity contribution >= 4 is 58.9 Å². The molecule has 0 unspecified atom stereocenters. The van der Waals surface area contributed by atoms with Gasteiger partial charge in [-0.3, -0.25) is 25.3 Å². The van der Waals surface area contributed by atoms with Crippen LogP contribution in [0.1, 0.15) is 161 Å². The van der Waals surface area contributed by atoms with E-state index in [-0.39, 0.29) is 57.6 Å². The number of carbonyl (C=O) groups excluding carboxylic acids is 5. The second kappa shape index (κ2) is 31.2. The number of aliphatic hydroxyl groups is 1. The second-order valence-corrected chi connectivity index (χ2v) is 28.3. The van der Waals surface area contributed by atoms with Crippen LogP contribution in [0, 0.1) is 6.92 Å². The van der Waals surface area contributed by atoms with Gasteiger partial charge in [0.25, 0.3) is 0 Å². The maximum absolute atomic E-state index is 12.5. The van der Waals surface area contributed by atoms with E-state index in [4.69, 9.17) is 9.47 Å². The summed E-state index contributed by atoms with van der Waals surface area (Å²) in [5, 5.41) is 15.4. The Morgan fingerprint density at radius 1 is 0.407 bits per heavy atom. The van der Waals surface area contributed by atoms with Crippen LogP contribution < -0.4 is 10.6 Å². The molecule has 3 N–H and O–H groups in total. The Hall–Kier alpha value is -8.16. The number of anilines is 2. The molecule has 2 amide bonds. The van der Waals surface area contributed by atoms with Gasteiger partial charge in [0.05, 0.1) is 23.2 Å². The van der Waals surface area contributed by atoms with Crippen molar-refractivity contribution < 1.29 is 38.6 Å². The minimum Gasteiger partial charge on any atom is -0.446 e. The van der Waals surface area contributed by atoms with Gasteiger partial charge in [-0.2, -0.15) is 15.0 Å². The topological polar surface area (TPSA) is 195 Å². The molecule has 3 aliphatic rings. The lowest BCUT2D eigenvalue weighted by atomic mass is 9.79. The summed E-state index contributed by atoms with van der Waals surface area (Å²) in [5.41, 5.74) is 11.6. The van der Waals surface area contributed by atoms with Gasteiger partial charge >= 0.3 is 12.2 Å². The predicted octanol–water partition coefficient (Wildman–Crippen LogP) is 16.1. The fraction of sp³-hybridized carbons (Fsp3) is 0.453. The molecule has 0 aliphatic carbocycles. The van der Waals surface area contributed by atoms with E-state index in [1.165, 1.54) is 34.9 Å². The standard InChI is InChI=1S/C25H31N3O3.C25H34N2O2.C15H10N2O2.C10H21NO/c1-24(2)15-22(16-25(3,4)28(24)5)31-23(30)27-21-12-8-19(9-13-21)14-18-6-10-20(11-7-18)26-17-29;1-18-7-9-19(10-8-18)15-20-11-13-21(14-12-20)26-23(28)29-22-16-24(2,3)27(6)25(4,5)17-22;18-10-16-14-5-1-12(2-6-14)9-13-3-7-15(8-4-13)17-11-19;1-9(2)6-8(12)7-10(3,4)11(9)5/h6-13,22H,14-16H2,1-5H3,(H,27,30);7-14,22H,15-17H2,1-6H3,(H,26,28);1-8H,9H2;8,12H,6-7H2,1-5H3. The average Bonchev–Trinajstić information content (AvgIpc) is 0.860. The molecule has 0 radical (unpaired) electrons. The van der Waals surface area contributed by atoms with Gasteiger partial charge in [-0.25, -0.2) is 24.0 Å². The molecule has 0 bridgehead atoms. The number of rotatable bonds is 13. The van der Waals surface area contributed by atoms with E-state index in [2.05, 4.69) is 188 Å². The van der Waals surface area contributed by atoms with Gasteiger partial charge in [-0.1, -0.05) is 90.5 Å². The molecule has 6 aromatic rings. The summed E-state index contributed by atoms with van der Waals surface area (Å²) in [7, 11) is 6.42. The molecule has 3 aliphatic heterocycles. The fourth-order valence-corrected chi connectivity index (χ4v) is 12.7. The molecule has 484 valence electrons. The zero-order valence-corrected chi connectivity index (χ0v) is 56.4. The van der Waals surface area contributed by atoms with Crippen molar-refractivity contribution in [3.8, 4) is 0 Å². The highest BCUT2D eigenvalue weighted by Crippen LogP contribution is 2.40. The largest absolute Gasteiger partial charge is 0.446 e. The fourth-order valence-electron chi connectivity index (χ4n) is 12.7. The Morgan fingerprint density at radius 3 is 0.868 bits per heavy atom. The third-order valence-corrected chi connectivity index (χ3v) is 18.5. The minimum atomic E-state index is -0.416. The van der Waals surface area contributed by atoms with Gasteiger partial charge < -0.3 is 14.6 Å². The van der Waals surface area contributed by atoms with E-state index < -0.39 is 6.09 Å². The van der Waals surface area contributed by atoms with Crippen LogP contribution in [-0.2, 0) is 43.1 Å². The van der Waals surface area contributed by atoms with Gasteiger partial charge in [0.2, 0.25) is 18.2 Å². The van der Waals surface area contributed by atoms with Gasteiger partial charge in [0, 0.05) is 70.3 Å². The van der Waals surface area contributed by atoms with Gasteiger partial charge in [0.15, 0.2) is 0 Å². The molecule has 0 spiro atoms. The van der Waals surface area contributed by atoms with Crippen LogP contribution in [0.2, 0.25) is 0 Å². The number of benzene rings is 6. The summed E-state index contributed by atoms with van der Waals surface area (Å²) in [6.45, 7) is 28.4. The lowest BCUT2D eigenvalue weighted by Crippen LogP contribution is -2.60. The van der Waals surface area contributed by atoms with Crippen molar-refractivity contribution in [3.63, 3.8) is 0 Å². The smallest absolute Gasteiger partial charge is 0.411 e. The van der Waals surface area contributed by atoms with Crippen LogP contribution >= 0.6 is 0 Å². The highest BCUT2D eigenvalue weighted by atomic mass is 16.6. The number of hydrogen-bond donors (Lipinski definition) is 3. The van der Waals surface area contributed by atoms with Crippen LogP contribution in [0.3, 0.4) is 0 Å². The number of carbonyl (C=O) groups is 2. The van der Waals surface area contributed by atoms with Crippen LogP contribution in [0.15, 0.2) is 161 Å². The highest BCUT2D eigenvalue weighted by Gasteiger charge is 2.46. The Balaban J connectivity index is 0.000000203.